The maximum absolute atomic E-state index is 11.7. The summed E-state index contributed by atoms with van der Waals surface area (Å²) < 4.78 is 1.62. The second kappa shape index (κ2) is 4.95. The van der Waals surface area contributed by atoms with Crippen molar-refractivity contribution in [3.8, 4) is 0 Å². The van der Waals surface area contributed by atoms with Crippen molar-refractivity contribution in [1.82, 2.24) is 14.8 Å². The summed E-state index contributed by atoms with van der Waals surface area (Å²) in [7, 11) is 0. The van der Waals surface area contributed by atoms with E-state index in [9.17, 15) is 9.59 Å². The molecular formula is C10H15N3O3S. The minimum Gasteiger partial charge on any atom is -0.481 e. The standard InChI is InChI=1S/C10H15N3O3S/c1-6-3-2-4-7(6)13-9(16)11-12-10(13)17-5-8(14)15/h6-7H,2-5H2,1H3,(H,11,16)(H,14,15). The highest BCUT2D eigenvalue weighted by molar-refractivity contribution is 7.99. The molecule has 0 aliphatic heterocycles. The zero-order valence-corrected chi connectivity index (χ0v) is 10.4. The molecule has 1 heterocycles. The lowest BCUT2D eigenvalue weighted by Gasteiger charge is -2.17. The van der Waals surface area contributed by atoms with Crippen molar-refractivity contribution in [2.75, 3.05) is 5.75 Å². The van der Waals surface area contributed by atoms with Gasteiger partial charge in [0.2, 0.25) is 0 Å². The van der Waals surface area contributed by atoms with Gasteiger partial charge in [0.05, 0.1) is 5.75 Å². The number of nitrogens with one attached hydrogen (secondary N) is 1. The average molecular weight is 257 g/mol. The molecule has 1 aliphatic carbocycles. The molecular weight excluding hydrogens is 242 g/mol. The van der Waals surface area contributed by atoms with Crippen molar-refractivity contribution in [2.24, 2.45) is 5.92 Å². The summed E-state index contributed by atoms with van der Waals surface area (Å²) in [6.07, 6.45) is 3.17. The molecule has 0 radical (unpaired) electrons. The Labute approximate surface area is 102 Å². The largest absolute Gasteiger partial charge is 0.481 e. The number of rotatable bonds is 4. The normalized spacial score (nSPS) is 24.1. The van der Waals surface area contributed by atoms with Crippen molar-refractivity contribution in [2.45, 2.75) is 37.4 Å². The number of carboxylic acid groups (broad SMARTS) is 1. The number of aromatic nitrogens is 3. The topological polar surface area (TPSA) is 88.0 Å². The molecule has 1 aliphatic rings. The molecule has 2 atom stereocenters. The Morgan fingerprint density at radius 1 is 1.65 bits per heavy atom. The first kappa shape index (κ1) is 12.2. The van der Waals surface area contributed by atoms with Crippen molar-refractivity contribution < 1.29 is 9.90 Å². The van der Waals surface area contributed by atoms with Crippen molar-refractivity contribution in [3.63, 3.8) is 0 Å². The highest BCUT2D eigenvalue weighted by Gasteiger charge is 2.28. The van der Waals surface area contributed by atoms with E-state index in [0.29, 0.717) is 11.1 Å². The minimum absolute atomic E-state index is 0.0780. The number of hydrogen-bond donors (Lipinski definition) is 2. The number of H-pyrrole nitrogens is 1. The summed E-state index contributed by atoms with van der Waals surface area (Å²) in [5, 5.41) is 15.4. The summed E-state index contributed by atoms with van der Waals surface area (Å²) in [5.74, 6) is -0.545. The Morgan fingerprint density at radius 3 is 3.00 bits per heavy atom. The molecule has 1 fully saturated rings. The summed E-state index contributed by atoms with van der Waals surface area (Å²) in [4.78, 5) is 22.2. The van der Waals surface area contributed by atoms with Crippen molar-refractivity contribution in [3.05, 3.63) is 10.5 Å². The second-order valence-electron chi connectivity index (χ2n) is 4.34. The zero-order chi connectivity index (χ0) is 12.4. The monoisotopic (exact) mass is 257 g/mol. The van der Waals surface area contributed by atoms with Gasteiger partial charge < -0.3 is 5.11 Å². The minimum atomic E-state index is -0.906. The van der Waals surface area contributed by atoms with Gasteiger partial charge in [0.1, 0.15) is 0 Å². The van der Waals surface area contributed by atoms with Gasteiger partial charge in [-0.2, -0.15) is 0 Å². The third kappa shape index (κ3) is 2.54. The van der Waals surface area contributed by atoms with Crippen LogP contribution >= 0.6 is 11.8 Å². The van der Waals surface area contributed by atoms with Crippen LogP contribution in [0, 0.1) is 5.92 Å². The average Bonchev–Trinajstić information content (AvgIpc) is 2.82. The zero-order valence-electron chi connectivity index (χ0n) is 9.55. The van der Waals surface area contributed by atoms with E-state index in [1.54, 1.807) is 4.57 Å². The maximum Gasteiger partial charge on any atom is 0.344 e. The van der Waals surface area contributed by atoms with E-state index in [1.165, 1.54) is 0 Å². The molecule has 0 amide bonds. The van der Waals surface area contributed by atoms with E-state index in [1.807, 2.05) is 0 Å². The molecule has 1 aromatic rings. The van der Waals surface area contributed by atoms with Gasteiger partial charge >= 0.3 is 11.7 Å². The Kier molecular flexibility index (Phi) is 3.56. The van der Waals surface area contributed by atoms with E-state index < -0.39 is 5.97 Å². The van der Waals surface area contributed by atoms with Gasteiger partial charge in [-0.1, -0.05) is 25.1 Å². The lowest BCUT2D eigenvalue weighted by molar-refractivity contribution is -0.133. The number of carbonyl (C=O) groups is 1. The molecule has 1 aromatic heterocycles. The Morgan fingerprint density at radius 2 is 2.41 bits per heavy atom. The number of thioether (sulfide) groups is 1. The van der Waals surface area contributed by atoms with E-state index in [-0.39, 0.29) is 17.5 Å². The first-order valence-electron chi connectivity index (χ1n) is 5.61. The molecule has 1 saturated carbocycles. The number of aliphatic carboxylic acids is 1. The van der Waals surface area contributed by atoms with Crippen LogP contribution in [0.1, 0.15) is 32.2 Å². The number of nitrogens with zero attached hydrogens (tertiary/aromatic N) is 2. The summed E-state index contributed by atoms with van der Waals surface area (Å²) in [5.41, 5.74) is -0.239. The third-order valence-electron chi connectivity index (χ3n) is 3.14. The van der Waals surface area contributed by atoms with Crippen molar-refractivity contribution >= 4 is 17.7 Å². The van der Waals surface area contributed by atoms with Crippen LogP contribution < -0.4 is 5.69 Å². The predicted octanol–water partition coefficient (Wildman–Crippen LogP) is 1.11. The molecule has 6 nitrogen and oxygen atoms in total. The van der Waals surface area contributed by atoms with Gasteiger partial charge in [-0.25, -0.2) is 9.89 Å². The van der Waals surface area contributed by atoms with Gasteiger partial charge in [-0.05, 0) is 18.8 Å². The fourth-order valence-corrected chi connectivity index (χ4v) is 3.04. The van der Waals surface area contributed by atoms with Crippen LogP contribution in [0.5, 0.6) is 0 Å². The summed E-state index contributed by atoms with van der Waals surface area (Å²) in [6.45, 7) is 2.11. The second-order valence-corrected chi connectivity index (χ2v) is 5.28. The molecule has 0 bridgehead atoms. The van der Waals surface area contributed by atoms with E-state index >= 15 is 0 Å². The van der Waals surface area contributed by atoms with Gasteiger partial charge in [0.15, 0.2) is 5.16 Å². The summed E-state index contributed by atoms with van der Waals surface area (Å²) >= 11 is 1.09. The highest BCUT2D eigenvalue weighted by Crippen LogP contribution is 2.36. The van der Waals surface area contributed by atoms with Gasteiger partial charge in [-0.15, -0.1) is 5.10 Å². The molecule has 7 heteroatoms. The quantitative estimate of drug-likeness (QED) is 0.789. The number of hydrogen-bond acceptors (Lipinski definition) is 4. The van der Waals surface area contributed by atoms with Crippen LogP contribution in [0.4, 0.5) is 0 Å². The van der Waals surface area contributed by atoms with Crippen molar-refractivity contribution in [1.29, 1.82) is 0 Å². The molecule has 2 rings (SSSR count). The van der Waals surface area contributed by atoms with Gasteiger partial charge in [0.25, 0.3) is 0 Å². The maximum atomic E-state index is 11.7. The van der Waals surface area contributed by atoms with Crippen LogP contribution in [0.15, 0.2) is 9.95 Å². The lowest BCUT2D eigenvalue weighted by atomic mass is 10.1. The molecule has 17 heavy (non-hydrogen) atoms. The smallest absolute Gasteiger partial charge is 0.344 e. The third-order valence-corrected chi connectivity index (χ3v) is 4.08. The molecule has 94 valence electrons. The van der Waals surface area contributed by atoms with Crippen LogP contribution in [-0.4, -0.2) is 31.6 Å². The van der Waals surface area contributed by atoms with Crippen LogP contribution in [0.25, 0.3) is 0 Å². The fraction of sp³-hybridized carbons (Fsp3) is 0.700. The molecule has 0 saturated heterocycles. The van der Waals surface area contributed by atoms with E-state index in [2.05, 4.69) is 17.1 Å². The first-order chi connectivity index (χ1) is 8.09. The van der Waals surface area contributed by atoms with Gasteiger partial charge in [-0.3, -0.25) is 9.36 Å². The Bertz CT molecular complexity index is 468. The van der Waals surface area contributed by atoms with Gasteiger partial charge in [0, 0.05) is 6.04 Å². The number of aromatic amines is 1. The molecule has 2 N–H and O–H groups in total. The summed E-state index contributed by atoms with van der Waals surface area (Å²) in [6, 6.07) is 0.151. The SMILES string of the molecule is CC1CCCC1n1c(SCC(=O)O)n[nH]c1=O. The van der Waals surface area contributed by atoms with E-state index in [0.717, 1.165) is 31.0 Å². The predicted molar refractivity (Wildman–Crippen MR) is 63.3 cm³/mol. The fourth-order valence-electron chi connectivity index (χ4n) is 2.32. The number of carboxylic acids is 1. The van der Waals surface area contributed by atoms with E-state index in [4.69, 9.17) is 5.11 Å². The highest BCUT2D eigenvalue weighted by atomic mass is 32.2. The van der Waals surface area contributed by atoms with Crippen LogP contribution in [0.3, 0.4) is 0 Å². The molecule has 2 unspecified atom stereocenters. The lowest BCUT2D eigenvalue weighted by Crippen LogP contribution is -2.24. The Hall–Kier alpha value is -1.24. The van der Waals surface area contributed by atoms with Crippen LogP contribution in [0.2, 0.25) is 0 Å². The molecule has 0 spiro atoms. The Balaban J connectivity index is 2.23. The first-order valence-corrected chi connectivity index (χ1v) is 6.59. The van der Waals surface area contributed by atoms with Crippen LogP contribution in [-0.2, 0) is 4.79 Å². The molecule has 0 aromatic carbocycles.